The molecule has 0 aliphatic rings. The van der Waals surface area contributed by atoms with Gasteiger partial charge in [-0.3, -0.25) is 0 Å². The monoisotopic (exact) mass is 126 g/mol. The quantitative estimate of drug-likeness (QED) is 0.471. The molecule has 0 unspecified atom stereocenters. The van der Waals surface area contributed by atoms with Crippen molar-refractivity contribution in [2.75, 3.05) is 7.05 Å². The van der Waals surface area contributed by atoms with E-state index in [1.807, 2.05) is 0 Å². The van der Waals surface area contributed by atoms with Gasteiger partial charge in [0.15, 0.2) is 7.05 Å². The van der Waals surface area contributed by atoms with E-state index in [9.17, 15) is 0 Å². The highest BCUT2D eigenvalue weighted by molar-refractivity contribution is 5.16. The van der Waals surface area contributed by atoms with Gasteiger partial charge in [-0.1, -0.05) is 0 Å². The van der Waals surface area contributed by atoms with Crippen LogP contribution in [0, 0.1) is 0 Å². The molecule has 9 heavy (non-hydrogen) atoms. The van der Waals surface area contributed by atoms with Crippen molar-refractivity contribution in [3.05, 3.63) is 6.20 Å². The first-order valence-electron chi connectivity index (χ1n) is 2.56. The zero-order valence-electron chi connectivity index (χ0n) is 5.37. The van der Waals surface area contributed by atoms with E-state index >= 15 is 0 Å². The van der Waals surface area contributed by atoms with Gasteiger partial charge in [0.25, 0.3) is 5.82 Å². The largest absolute Gasteiger partial charge is 0.259 e. The fourth-order valence-corrected chi connectivity index (χ4v) is 0.501. The van der Waals surface area contributed by atoms with Gasteiger partial charge in [-0.05, 0) is 0 Å². The van der Waals surface area contributed by atoms with E-state index in [-0.39, 0.29) is 0 Å². The van der Waals surface area contributed by atoms with E-state index in [0.717, 1.165) is 0 Å². The maximum Gasteiger partial charge on any atom is 0.259 e. The van der Waals surface area contributed by atoms with Crippen LogP contribution in [-0.4, -0.2) is 22.0 Å². The smallest absolute Gasteiger partial charge is 0.186 e. The molecule has 0 aliphatic heterocycles. The summed E-state index contributed by atoms with van der Waals surface area (Å²) in [6.07, 6.45) is 1.58. The zero-order valence-corrected chi connectivity index (χ0v) is 5.37. The highest BCUT2D eigenvalue weighted by atomic mass is 15.5. The first-order chi connectivity index (χ1) is 4.33. The van der Waals surface area contributed by atoms with Crippen molar-refractivity contribution in [2.24, 2.45) is 12.2 Å². The van der Waals surface area contributed by atoms with E-state index in [4.69, 9.17) is 0 Å². The van der Waals surface area contributed by atoms with E-state index in [2.05, 4.69) is 20.4 Å². The molecule has 0 radical (unpaired) electrons. The number of aryl methyl sites for hydroxylation is 1. The van der Waals surface area contributed by atoms with Gasteiger partial charge >= 0.3 is 0 Å². The Morgan fingerprint density at radius 1 is 1.78 bits per heavy atom. The molecule has 1 heterocycles. The number of aromatic nitrogens is 3. The molecule has 0 aromatic carbocycles. The fraction of sp³-hybridized carbons (Fsp3) is 0.500. The summed E-state index contributed by atoms with van der Waals surface area (Å²) in [6, 6.07) is 0. The minimum atomic E-state index is 0.597. The number of azo groups is 1. The van der Waals surface area contributed by atoms with Crippen LogP contribution in [0.2, 0.25) is 0 Å². The molecular formula is C4H8N5+. The molecule has 0 saturated heterocycles. The van der Waals surface area contributed by atoms with Crippen LogP contribution < -0.4 is 5.11 Å². The number of hydrogen-bond acceptors (Lipinski definition) is 3. The molecule has 0 atom stereocenters. The Labute approximate surface area is 52.4 Å². The average molecular weight is 126 g/mol. The summed E-state index contributed by atoms with van der Waals surface area (Å²) in [5.74, 6) is 0.597. The molecule has 1 rings (SSSR count). The summed E-state index contributed by atoms with van der Waals surface area (Å²) < 4.78 is 0. The molecule has 1 N–H and O–H groups in total. The lowest BCUT2D eigenvalue weighted by Crippen LogP contribution is -2.58. The Bertz CT molecular complexity index is 212. The van der Waals surface area contributed by atoms with Crippen molar-refractivity contribution in [2.45, 2.75) is 0 Å². The summed E-state index contributed by atoms with van der Waals surface area (Å²) in [6.45, 7) is 0. The maximum absolute atomic E-state index is 3.88. The molecule has 5 heteroatoms. The van der Waals surface area contributed by atoms with Crippen LogP contribution in [0.15, 0.2) is 11.3 Å². The Morgan fingerprint density at radius 2 is 2.56 bits per heavy atom. The van der Waals surface area contributed by atoms with Gasteiger partial charge in [-0.15, -0.1) is 10.2 Å². The van der Waals surface area contributed by atoms with Gasteiger partial charge in [0, 0.05) is 12.2 Å². The molecule has 0 amide bonds. The van der Waals surface area contributed by atoms with E-state index < -0.39 is 0 Å². The van der Waals surface area contributed by atoms with Crippen molar-refractivity contribution < 1.29 is 5.11 Å². The minimum Gasteiger partial charge on any atom is -0.186 e. The topological polar surface area (TPSA) is 57.0 Å². The first kappa shape index (κ1) is 5.87. The zero-order chi connectivity index (χ0) is 6.69. The lowest BCUT2D eigenvalue weighted by Gasteiger charge is -1.76. The minimum absolute atomic E-state index is 0.597. The second-order valence-electron chi connectivity index (χ2n) is 1.53. The molecule has 1 aromatic rings. The first-order valence-corrected chi connectivity index (χ1v) is 2.56. The van der Waals surface area contributed by atoms with Crippen LogP contribution in [0.5, 0.6) is 0 Å². The fourth-order valence-electron chi connectivity index (χ4n) is 0.501. The molecular weight excluding hydrogens is 118 g/mol. The summed E-state index contributed by atoms with van der Waals surface area (Å²) in [7, 11) is 3.46. The number of nitrogens with one attached hydrogen (secondary N) is 1. The third kappa shape index (κ3) is 1.31. The number of nitrogens with zero attached hydrogens (tertiary/aromatic N) is 4. The van der Waals surface area contributed by atoms with Crippen molar-refractivity contribution in [1.29, 1.82) is 0 Å². The second kappa shape index (κ2) is 2.34. The SMILES string of the molecule is C[NH+]=Nc1cnn(C)n1. The predicted octanol–water partition coefficient (Wildman–Crippen LogP) is -1.39. The van der Waals surface area contributed by atoms with Crippen molar-refractivity contribution in [1.82, 2.24) is 15.0 Å². The summed E-state index contributed by atoms with van der Waals surface area (Å²) in [5, 5.41) is 14.1. The third-order valence-electron chi connectivity index (χ3n) is 0.814. The molecule has 48 valence electrons. The van der Waals surface area contributed by atoms with Gasteiger partial charge in [-0.25, -0.2) is 0 Å². The highest BCUT2D eigenvalue weighted by Gasteiger charge is 1.94. The Hall–Kier alpha value is -1.26. The predicted molar refractivity (Wildman–Crippen MR) is 30.0 cm³/mol. The van der Waals surface area contributed by atoms with Gasteiger partial charge < -0.3 is 0 Å². The van der Waals surface area contributed by atoms with E-state index in [1.165, 1.54) is 4.80 Å². The van der Waals surface area contributed by atoms with Gasteiger partial charge in [-0.2, -0.15) is 9.90 Å². The van der Waals surface area contributed by atoms with E-state index in [0.29, 0.717) is 5.82 Å². The third-order valence-corrected chi connectivity index (χ3v) is 0.814. The molecule has 5 nitrogen and oxygen atoms in total. The van der Waals surface area contributed by atoms with Crippen LogP contribution in [0.4, 0.5) is 5.82 Å². The van der Waals surface area contributed by atoms with Gasteiger partial charge in [0.05, 0.1) is 0 Å². The molecule has 0 aliphatic carbocycles. The van der Waals surface area contributed by atoms with Gasteiger partial charge in [0.2, 0.25) is 0 Å². The Kier molecular flexibility index (Phi) is 1.53. The van der Waals surface area contributed by atoms with Crippen LogP contribution >= 0.6 is 0 Å². The summed E-state index contributed by atoms with van der Waals surface area (Å²) >= 11 is 0. The highest BCUT2D eigenvalue weighted by Crippen LogP contribution is 1.97. The molecule has 0 spiro atoms. The van der Waals surface area contributed by atoms with Crippen LogP contribution in [0.1, 0.15) is 0 Å². The average Bonchev–Trinajstić information content (AvgIpc) is 2.17. The van der Waals surface area contributed by atoms with Crippen molar-refractivity contribution in [3.63, 3.8) is 0 Å². The lowest BCUT2D eigenvalue weighted by atomic mass is 10.8. The Morgan fingerprint density at radius 3 is 3.00 bits per heavy atom. The van der Waals surface area contributed by atoms with E-state index in [1.54, 1.807) is 20.3 Å². The molecule has 0 bridgehead atoms. The molecule has 0 fully saturated rings. The van der Waals surface area contributed by atoms with Crippen LogP contribution in [0.25, 0.3) is 0 Å². The number of hydrogen-bond donors (Lipinski definition) is 1. The van der Waals surface area contributed by atoms with Crippen molar-refractivity contribution in [3.8, 4) is 0 Å². The Balaban J connectivity index is 2.85. The maximum atomic E-state index is 3.88. The lowest BCUT2D eigenvalue weighted by molar-refractivity contribution is -0.494. The molecule has 1 aromatic heterocycles. The number of rotatable bonds is 1. The van der Waals surface area contributed by atoms with Gasteiger partial charge in [0.1, 0.15) is 6.20 Å². The summed E-state index contributed by atoms with van der Waals surface area (Å²) in [5.41, 5.74) is 0. The second-order valence-corrected chi connectivity index (χ2v) is 1.53. The summed E-state index contributed by atoms with van der Waals surface area (Å²) in [4.78, 5) is 1.45. The normalized spacial score (nSPS) is 10.9. The van der Waals surface area contributed by atoms with Crippen LogP contribution in [-0.2, 0) is 7.05 Å². The van der Waals surface area contributed by atoms with Crippen LogP contribution in [0.3, 0.4) is 0 Å². The standard InChI is InChI=1S/C4H7N5/c1-5-7-4-3-6-9(2)8-4/h3H,1-2H3/p+1. The van der Waals surface area contributed by atoms with Crippen molar-refractivity contribution >= 4 is 5.82 Å². The molecule has 0 saturated carbocycles.